The number of nitrogens with one attached hydrogen (secondary N) is 1. The van der Waals surface area contributed by atoms with Crippen molar-refractivity contribution in [2.75, 3.05) is 13.2 Å². The summed E-state index contributed by atoms with van der Waals surface area (Å²) in [7, 11) is 0. The van der Waals surface area contributed by atoms with Crippen molar-refractivity contribution in [3.05, 3.63) is 24.3 Å². The van der Waals surface area contributed by atoms with Crippen LogP contribution < -0.4 is 5.32 Å². The molecule has 336 valence electrons. The zero-order valence-corrected chi connectivity index (χ0v) is 38.1. The first-order chi connectivity index (χ1) is 28.0. The van der Waals surface area contributed by atoms with Gasteiger partial charge in [-0.1, -0.05) is 224 Å². The molecule has 0 aromatic heterocycles. The Morgan fingerprint density at radius 1 is 0.491 bits per heavy atom. The molecule has 3 N–H and O–H groups in total. The fourth-order valence-corrected chi connectivity index (χ4v) is 7.60. The smallest absolute Gasteiger partial charge is 0.305 e. The molecule has 0 radical (unpaired) electrons. The van der Waals surface area contributed by atoms with Crippen LogP contribution in [0.5, 0.6) is 0 Å². The predicted molar refractivity (Wildman–Crippen MR) is 246 cm³/mol. The van der Waals surface area contributed by atoms with Gasteiger partial charge in [-0.15, -0.1) is 0 Å². The third kappa shape index (κ3) is 43.7. The Labute approximate surface area is 354 Å². The van der Waals surface area contributed by atoms with Gasteiger partial charge in [0.15, 0.2) is 0 Å². The molecule has 2 unspecified atom stereocenters. The Morgan fingerprint density at radius 3 is 1.39 bits per heavy atom. The molecule has 0 saturated heterocycles. The minimum Gasteiger partial charge on any atom is -0.466 e. The van der Waals surface area contributed by atoms with Crippen LogP contribution in [0.2, 0.25) is 0 Å². The molecule has 0 aliphatic rings. The Balaban J connectivity index is 3.42. The Kier molecular flexibility index (Phi) is 45.7. The summed E-state index contributed by atoms with van der Waals surface area (Å²) in [5.41, 5.74) is 0. The lowest BCUT2D eigenvalue weighted by atomic mass is 10.0. The number of hydrogen-bond acceptors (Lipinski definition) is 5. The fraction of sp³-hybridized carbons (Fsp3) is 0.882. The molecule has 0 aromatic carbocycles. The number of hydrogen-bond donors (Lipinski definition) is 3. The van der Waals surface area contributed by atoms with Gasteiger partial charge in [-0.2, -0.15) is 0 Å². The summed E-state index contributed by atoms with van der Waals surface area (Å²) in [6.07, 6.45) is 54.3. The largest absolute Gasteiger partial charge is 0.466 e. The van der Waals surface area contributed by atoms with Gasteiger partial charge in [-0.05, 0) is 51.4 Å². The lowest BCUT2D eigenvalue weighted by Gasteiger charge is -2.22. The van der Waals surface area contributed by atoms with Gasteiger partial charge in [0.1, 0.15) is 0 Å². The highest BCUT2D eigenvalue weighted by atomic mass is 16.5. The average Bonchev–Trinajstić information content (AvgIpc) is 3.21. The van der Waals surface area contributed by atoms with Crippen molar-refractivity contribution in [2.24, 2.45) is 0 Å². The number of carbonyl (C=O) groups is 2. The zero-order valence-electron chi connectivity index (χ0n) is 38.1. The second kappa shape index (κ2) is 47.0. The Morgan fingerprint density at radius 2 is 0.895 bits per heavy atom. The monoisotopic (exact) mass is 804 g/mol. The maximum absolute atomic E-state index is 12.4. The van der Waals surface area contributed by atoms with Crippen molar-refractivity contribution < 1.29 is 24.5 Å². The fourth-order valence-electron chi connectivity index (χ4n) is 7.60. The van der Waals surface area contributed by atoms with E-state index in [1.165, 1.54) is 173 Å². The molecule has 57 heavy (non-hydrogen) atoms. The number of amides is 1. The highest BCUT2D eigenvalue weighted by Gasteiger charge is 2.20. The van der Waals surface area contributed by atoms with Gasteiger partial charge >= 0.3 is 5.97 Å². The molecule has 6 nitrogen and oxygen atoms in total. The van der Waals surface area contributed by atoms with Crippen LogP contribution in [0.15, 0.2) is 24.3 Å². The van der Waals surface area contributed by atoms with E-state index in [-0.39, 0.29) is 18.5 Å². The number of unbranched alkanes of at least 4 members (excludes halogenated alkanes) is 31. The lowest BCUT2D eigenvalue weighted by molar-refractivity contribution is -0.143. The minimum atomic E-state index is -0.667. The number of carbonyl (C=O) groups excluding carboxylic acids is 2. The van der Waals surface area contributed by atoms with Crippen molar-refractivity contribution >= 4 is 11.9 Å². The van der Waals surface area contributed by atoms with Crippen LogP contribution in [0.25, 0.3) is 0 Å². The molecule has 0 aliphatic heterocycles. The van der Waals surface area contributed by atoms with Gasteiger partial charge in [0.25, 0.3) is 0 Å². The Bertz CT molecular complexity index is 889. The SMILES string of the molecule is CCCC/C=C\C/C=C\CCCCCCCC(=O)OCCCCCCCCCCCCCCCCCCC(=O)NC(CO)C(O)CCCCCCCCCCCC. The van der Waals surface area contributed by atoms with Crippen molar-refractivity contribution in [3.63, 3.8) is 0 Å². The summed E-state index contributed by atoms with van der Waals surface area (Å²) in [6, 6.07) is -0.545. The summed E-state index contributed by atoms with van der Waals surface area (Å²) < 4.78 is 5.45. The number of aliphatic hydroxyl groups is 2. The maximum atomic E-state index is 12.4. The minimum absolute atomic E-state index is 0.0119. The quantitative estimate of drug-likeness (QED) is 0.0324. The molecule has 6 heteroatoms. The summed E-state index contributed by atoms with van der Waals surface area (Å²) in [4.78, 5) is 24.4. The number of aliphatic hydroxyl groups excluding tert-OH is 2. The zero-order chi connectivity index (χ0) is 41.5. The molecular weight excluding hydrogens is 707 g/mol. The molecule has 0 aliphatic carbocycles. The van der Waals surface area contributed by atoms with E-state index >= 15 is 0 Å². The summed E-state index contributed by atoms with van der Waals surface area (Å²) >= 11 is 0. The number of allylic oxidation sites excluding steroid dienone is 4. The van der Waals surface area contributed by atoms with Gasteiger partial charge in [-0.25, -0.2) is 0 Å². The van der Waals surface area contributed by atoms with E-state index in [9.17, 15) is 19.8 Å². The molecule has 1 amide bonds. The normalized spacial score (nSPS) is 12.8. The van der Waals surface area contributed by atoms with Crippen molar-refractivity contribution in [1.82, 2.24) is 5.32 Å². The van der Waals surface area contributed by atoms with Crippen LogP contribution in [0.3, 0.4) is 0 Å². The maximum Gasteiger partial charge on any atom is 0.305 e. The second-order valence-corrected chi connectivity index (χ2v) is 17.1. The van der Waals surface area contributed by atoms with E-state index in [2.05, 4.69) is 43.5 Å². The van der Waals surface area contributed by atoms with Gasteiger partial charge < -0.3 is 20.3 Å². The van der Waals surface area contributed by atoms with Gasteiger partial charge in [-0.3, -0.25) is 9.59 Å². The van der Waals surface area contributed by atoms with E-state index < -0.39 is 12.1 Å². The standard InChI is InChI=1S/C51H97NO5/c1-3-5-7-9-11-13-15-16-22-25-29-33-37-41-45-51(56)57-46-42-38-34-30-26-23-20-18-17-19-21-24-28-32-36-40-44-50(55)52-48(47-53)49(54)43-39-35-31-27-14-12-10-8-6-4-2/h9,11,15-16,48-49,53-54H,3-8,10,12-14,17-47H2,1-2H3,(H,52,55)/b11-9-,16-15-. The second-order valence-electron chi connectivity index (χ2n) is 17.1. The van der Waals surface area contributed by atoms with Crippen LogP contribution >= 0.6 is 0 Å². The van der Waals surface area contributed by atoms with Gasteiger partial charge in [0.2, 0.25) is 5.91 Å². The number of rotatable bonds is 46. The van der Waals surface area contributed by atoms with Crippen LogP contribution in [-0.2, 0) is 14.3 Å². The molecule has 2 atom stereocenters. The van der Waals surface area contributed by atoms with E-state index in [0.717, 1.165) is 57.8 Å². The molecule has 0 spiro atoms. The average molecular weight is 804 g/mol. The highest BCUT2D eigenvalue weighted by Crippen LogP contribution is 2.16. The first-order valence-corrected chi connectivity index (χ1v) is 25.1. The van der Waals surface area contributed by atoms with E-state index in [4.69, 9.17) is 4.74 Å². The van der Waals surface area contributed by atoms with Crippen LogP contribution in [0.4, 0.5) is 0 Å². The van der Waals surface area contributed by atoms with Crippen LogP contribution in [-0.4, -0.2) is 47.4 Å². The first kappa shape index (κ1) is 55.3. The lowest BCUT2D eigenvalue weighted by Crippen LogP contribution is -2.45. The molecule has 0 heterocycles. The van der Waals surface area contributed by atoms with Gasteiger partial charge in [0.05, 0.1) is 25.4 Å². The van der Waals surface area contributed by atoms with E-state index in [1.807, 2.05) is 0 Å². The van der Waals surface area contributed by atoms with Crippen molar-refractivity contribution in [2.45, 2.75) is 276 Å². The summed E-state index contributed by atoms with van der Waals surface area (Å²) in [5, 5.41) is 23.1. The third-order valence-electron chi connectivity index (χ3n) is 11.5. The summed E-state index contributed by atoms with van der Waals surface area (Å²) in [5.74, 6) is -0.0563. The molecule has 0 fully saturated rings. The molecule has 0 aromatic rings. The molecule has 0 rings (SSSR count). The van der Waals surface area contributed by atoms with Crippen molar-refractivity contribution in [1.29, 1.82) is 0 Å². The van der Waals surface area contributed by atoms with E-state index in [1.54, 1.807) is 0 Å². The topological polar surface area (TPSA) is 95.9 Å². The summed E-state index contributed by atoms with van der Waals surface area (Å²) in [6.45, 7) is 4.87. The van der Waals surface area contributed by atoms with Crippen LogP contribution in [0.1, 0.15) is 264 Å². The van der Waals surface area contributed by atoms with E-state index in [0.29, 0.717) is 25.9 Å². The third-order valence-corrected chi connectivity index (χ3v) is 11.5. The highest BCUT2D eigenvalue weighted by molar-refractivity contribution is 5.76. The Hall–Kier alpha value is -1.66. The predicted octanol–water partition coefficient (Wildman–Crippen LogP) is 14.7. The van der Waals surface area contributed by atoms with Gasteiger partial charge in [0, 0.05) is 12.8 Å². The molecule has 0 bridgehead atoms. The molecule has 0 saturated carbocycles. The number of ether oxygens (including phenoxy) is 1. The van der Waals surface area contributed by atoms with Crippen molar-refractivity contribution in [3.8, 4) is 0 Å². The molecular formula is C51H97NO5. The first-order valence-electron chi connectivity index (χ1n) is 25.1. The van der Waals surface area contributed by atoms with Crippen LogP contribution in [0, 0.1) is 0 Å². The number of esters is 1.